The number of amides is 2. The first-order valence-electron chi connectivity index (χ1n) is 11.4. The molecule has 1 aromatic carbocycles. The Labute approximate surface area is 189 Å². The van der Waals surface area contributed by atoms with Crippen LogP contribution >= 0.6 is 0 Å². The van der Waals surface area contributed by atoms with E-state index in [2.05, 4.69) is 58.1 Å². The summed E-state index contributed by atoms with van der Waals surface area (Å²) in [5.41, 5.74) is 4.23. The second-order valence-electron chi connectivity index (χ2n) is 9.17. The molecule has 3 N–H and O–H groups in total. The Morgan fingerprint density at radius 1 is 1.06 bits per heavy atom. The lowest BCUT2D eigenvalue weighted by atomic mass is 9.91. The minimum atomic E-state index is -0.0802. The second-order valence-corrected chi connectivity index (χ2v) is 9.17. The molecule has 2 heterocycles. The van der Waals surface area contributed by atoms with E-state index in [0.717, 1.165) is 53.8 Å². The van der Waals surface area contributed by atoms with Gasteiger partial charge in [0.15, 0.2) is 5.65 Å². The number of carbonyl (C=O) groups is 1. The zero-order valence-electron chi connectivity index (χ0n) is 19.6. The topological polar surface area (TPSA) is 96.8 Å². The lowest BCUT2D eigenvalue weighted by Crippen LogP contribution is -2.46. The highest BCUT2D eigenvalue weighted by molar-refractivity contribution is 5.87. The van der Waals surface area contributed by atoms with Crippen LogP contribution in [0.15, 0.2) is 24.4 Å². The summed E-state index contributed by atoms with van der Waals surface area (Å²) in [6.07, 6.45) is 5.68. The maximum Gasteiger partial charge on any atom is 0.315 e. The molecule has 1 fully saturated rings. The van der Waals surface area contributed by atoms with Gasteiger partial charge < -0.3 is 16.0 Å². The predicted octanol–water partition coefficient (Wildman–Crippen LogP) is 4.17. The van der Waals surface area contributed by atoms with Crippen molar-refractivity contribution in [2.45, 2.75) is 78.4 Å². The molecular formula is C24H33N7O. The van der Waals surface area contributed by atoms with Gasteiger partial charge in [-0.1, -0.05) is 17.7 Å². The zero-order valence-corrected chi connectivity index (χ0v) is 19.6. The minimum Gasteiger partial charge on any atom is -0.367 e. The lowest BCUT2D eigenvalue weighted by molar-refractivity contribution is 0.229. The van der Waals surface area contributed by atoms with Crippen molar-refractivity contribution in [2.24, 2.45) is 0 Å². The normalized spacial score (nSPS) is 18.7. The third-order valence-electron chi connectivity index (χ3n) is 5.94. The van der Waals surface area contributed by atoms with Crippen LogP contribution in [0.4, 0.5) is 10.6 Å². The smallest absolute Gasteiger partial charge is 0.315 e. The summed E-state index contributed by atoms with van der Waals surface area (Å²) in [6, 6.07) is 6.92. The average molecular weight is 436 g/mol. The number of nitrogens with one attached hydrogen (secondary N) is 3. The third-order valence-corrected chi connectivity index (χ3v) is 5.94. The van der Waals surface area contributed by atoms with Crippen LogP contribution in [0.5, 0.6) is 0 Å². The molecule has 170 valence electrons. The van der Waals surface area contributed by atoms with E-state index < -0.39 is 0 Å². The molecule has 0 saturated heterocycles. The van der Waals surface area contributed by atoms with Crippen molar-refractivity contribution in [1.29, 1.82) is 0 Å². The fraction of sp³-hybridized carbons (Fsp3) is 0.500. The third kappa shape index (κ3) is 4.84. The summed E-state index contributed by atoms with van der Waals surface area (Å²) in [4.78, 5) is 21.4. The van der Waals surface area contributed by atoms with E-state index in [1.165, 1.54) is 5.56 Å². The summed E-state index contributed by atoms with van der Waals surface area (Å²) in [6.45, 7) is 10.0. The second kappa shape index (κ2) is 9.14. The number of hydrogen-bond donors (Lipinski definition) is 3. The van der Waals surface area contributed by atoms with Crippen molar-refractivity contribution in [1.82, 2.24) is 30.4 Å². The Kier molecular flexibility index (Phi) is 6.30. The molecule has 1 aliphatic carbocycles. The highest BCUT2D eigenvalue weighted by Crippen LogP contribution is 2.28. The summed E-state index contributed by atoms with van der Waals surface area (Å²) in [7, 11) is 0. The molecule has 2 amide bonds. The molecule has 8 heteroatoms. The van der Waals surface area contributed by atoms with Crippen molar-refractivity contribution in [3.05, 3.63) is 41.3 Å². The van der Waals surface area contributed by atoms with E-state index in [1.807, 2.05) is 31.6 Å². The molecule has 0 spiro atoms. The molecule has 0 radical (unpaired) electrons. The van der Waals surface area contributed by atoms with Crippen LogP contribution < -0.4 is 16.0 Å². The number of aryl methyl sites for hydroxylation is 3. The lowest BCUT2D eigenvalue weighted by Gasteiger charge is -2.30. The average Bonchev–Trinajstić information content (AvgIpc) is 3.12. The first-order chi connectivity index (χ1) is 15.3. The maximum absolute atomic E-state index is 12.0. The van der Waals surface area contributed by atoms with Crippen LogP contribution in [0.25, 0.3) is 16.7 Å². The number of benzene rings is 1. The molecule has 4 rings (SSSR count). The standard InChI is InChI=1S/C24H33N7O/c1-14(2)26-24(32)30-19-9-7-18(8-10-19)29-22-20-13-25-31(23(20)28-17(5)27-22)21-11-6-15(3)12-16(21)4/h6,11-14,18-19H,7-10H2,1-5H3,(H2,26,30,32)(H,27,28,29). The Morgan fingerprint density at radius 3 is 2.47 bits per heavy atom. The van der Waals surface area contributed by atoms with Gasteiger partial charge in [-0.3, -0.25) is 0 Å². The van der Waals surface area contributed by atoms with E-state index in [1.54, 1.807) is 0 Å². The van der Waals surface area contributed by atoms with Crippen LogP contribution in [0.3, 0.4) is 0 Å². The van der Waals surface area contributed by atoms with Crippen molar-refractivity contribution < 1.29 is 4.79 Å². The fourth-order valence-electron chi connectivity index (χ4n) is 4.41. The van der Waals surface area contributed by atoms with Gasteiger partial charge in [0.05, 0.1) is 17.3 Å². The quantitative estimate of drug-likeness (QED) is 0.559. The van der Waals surface area contributed by atoms with Gasteiger partial charge in [0.25, 0.3) is 0 Å². The molecule has 1 aliphatic rings. The van der Waals surface area contributed by atoms with Gasteiger partial charge in [0.1, 0.15) is 11.6 Å². The Morgan fingerprint density at radius 2 is 1.78 bits per heavy atom. The monoisotopic (exact) mass is 435 g/mol. The van der Waals surface area contributed by atoms with Crippen LogP contribution in [-0.2, 0) is 0 Å². The van der Waals surface area contributed by atoms with Gasteiger partial charge in [0.2, 0.25) is 0 Å². The molecule has 1 saturated carbocycles. The molecule has 2 aromatic heterocycles. The van der Waals surface area contributed by atoms with Crippen molar-refractivity contribution in [2.75, 3.05) is 5.32 Å². The molecule has 0 atom stereocenters. The van der Waals surface area contributed by atoms with E-state index in [-0.39, 0.29) is 18.1 Å². The van der Waals surface area contributed by atoms with E-state index in [0.29, 0.717) is 11.9 Å². The first-order valence-corrected chi connectivity index (χ1v) is 11.4. The van der Waals surface area contributed by atoms with E-state index >= 15 is 0 Å². The van der Waals surface area contributed by atoms with Crippen molar-refractivity contribution in [3.8, 4) is 5.69 Å². The van der Waals surface area contributed by atoms with Crippen LogP contribution in [0.1, 0.15) is 56.5 Å². The Hall–Kier alpha value is -3.16. The van der Waals surface area contributed by atoms with Gasteiger partial charge in [0, 0.05) is 18.1 Å². The number of anilines is 1. The highest BCUT2D eigenvalue weighted by Gasteiger charge is 2.24. The number of fused-ring (bicyclic) bond motifs is 1. The predicted molar refractivity (Wildman–Crippen MR) is 127 cm³/mol. The molecule has 3 aromatic rings. The largest absolute Gasteiger partial charge is 0.367 e. The van der Waals surface area contributed by atoms with Crippen LogP contribution in [0, 0.1) is 20.8 Å². The molecule has 32 heavy (non-hydrogen) atoms. The number of nitrogens with zero attached hydrogens (tertiary/aromatic N) is 4. The summed E-state index contributed by atoms with van der Waals surface area (Å²) in [5.74, 6) is 1.55. The molecule has 0 unspecified atom stereocenters. The van der Waals surface area contributed by atoms with Crippen molar-refractivity contribution >= 4 is 22.9 Å². The van der Waals surface area contributed by atoms with Crippen LogP contribution in [0.2, 0.25) is 0 Å². The zero-order chi connectivity index (χ0) is 22.8. The summed E-state index contributed by atoms with van der Waals surface area (Å²) < 4.78 is 1.90. The van der Waals surface area contributed by atoms with Gasteiger partial charge in [-0.25, -0.2) is 19.4 Å². The van der Waals surface area contributed by atoms with Gasteiger partial charge in [-0.2, -0.15) is 5.10 Å². The minimum absolute atomic E-state index is 0.0802. The molecular weight excluding hydrogens is 402 g/mol. The Balaban J connectivity index is 1.49. The van der Waals surface area contributed by atoms with Gasteiger partial charge in [-0.05, 0) is 71.9 Å². The molecule has 0 aliphatic heterocycles. The van der Waals surface area contributed by atoms with Gasteiger partial charge in [-0.15, -0.1) is 0 Å². The molecule has 0 bridgehead atoms. The fourth-order valence-corrected chi connectivity index (χ4v) is 4.41. The number of aromatic nitrogens is 4. The number of carbonyl (C=O) groups excluding carboxylic acids is 1. The van der Waals surface area contributed by atoms with E-state index in [9.17, 15) is 4.79 Å². The van der Waals surface area contributed by atoms with E-state index in [4.69, 9.17) is 4.98 Å². The number of rotatable bonds is 5. The number of hydrogen-bond acceptors (Lipinski definition) is 5. The maximum atomic E-state index is 12.0. The summed E-state index contributed by atoms with van der Waals surface area (Å²) >= 11 is 0. The highest BCUT2D eigenvalue weighted by atomic mass is 16.2. The number of urea groups is 1. The van der Waals surface area contributed by atoms with Crippen LogP contribution in [-0.4, -0.2) is 43.9 Å². The molecule has 8 nitrogen and oxygen atoms in total. The van der Waals surface area contributed by atoms with Crippen molar-refractivity contribution in [3.63, 3.8) is 0 Å². The SMILES string of the molecule is Cc1ccc(-n2ncc3c(NC4CCC(NC(=O)NC(C)C)CC4)nc(C)nc32)c(C)c1. The summed E-state index contributed by atoms with van der Waals surface area (Å²) in [5, 5.41) is 15.2. The first kappa shape index (κ1) is 22.0. The Bertz CT molecular complexity index is 1110. The van der Waals surface area contributed by atoms with Gasteiger partial charge >= 0.3 is 6.03 Å².